The second-order valence-corrected chi connectivity index (χ2v) is 10.00. The van der Waals surface area contributed by atoms with E-state index in [-0.39, 0.29) is 13.2 Å². The highest BCUT2D eigenvalue weighted by atomic mass is 16.3. The van der Waals surface area contributed by atoms with Crippen molar-refractivity contribution in [2.24, 2.45) is 0 Å². The van der Waals surface area contributed by atoms with E-state index in [9.17, 15) is 0 Å². The van der Waals surface area contributed by atoms with Crippen molar-refractivity contribution in [2.75, 3.05) is 26.3 Å². The van der Waals surface area contributed by atoms with Crippen molar-refractivity contribution < 1.29 is 10.2 Å². The quantitative estimate of drug-likeness (QED) is 0.173. The summed E-state index contributed by atoms with van der Waals surface area (Å²) < 4.78 is 3.39. The lowest BCUT2D eigenvalue weighted by Gasteiger charge is -2.14. The second-order valence-electron chi connectivity index (χ2n) is 10.00. The minimum absolute atomic E-state index is 0.0712. The van der Waals surface area contributed by atoms with Crippen molar-refractivity contribution in [3.05, 3.63) is 83.7 Å². The number of benzene rings is 2. The largest absolute Gasteiger partial charge is 0.395 e. The average molecular weight is 565 g/mol. The first-order valence-corrected chi connectivity index (χ1v) is 13.8. The van der Waals surface area contributed by atoms with Crippen LogP contribution in [0.4, 0.5) is 0 Å². The third-order valence-corrected chi connectivity index (χ3v) is 7.17. The Bertz CT molecular complexity index is 1730. The zero-order valence-electron chi connectivity index (χ0n) is 23.5. The van der Waals surface area contributed by atoms with Gasteiger partial charge in [0.15, 0.2) is 0 Å². The van der Waals surface area contributed by atoms with Crippen LogP contribution in [0.25, 0.3) is 45.2 Å². The zero-order chi connectivity index (χ0) is 29.1. The lowest BCUT2D eigenvalue weighted by Crippen LogP contribution is -2.19. The fourth-order valence-corrected chi connectivity index (χ4v) is 5.06. The Hall–Kier alpha value is -4.62. The monoisotopic (exact) mass is 564 g/mol. The fourth-order valence-electron chi connectivity index (χ4n) is 5.06. The molecule has 0 amide bonds. The molecular formula is C30H32N10O2. The summed E-state index contributed by atoms with van der Waals surface area (Å²) >= 11 is 0. The number of aliphatic hydroxyl groups excluding tert-OH is 2. The molecule has 0 aliphatic rings. The summed E-state index contributed by atoms with van der Waals surface area (Å²) in [7, 11) is 0. The van der Waals surface area contributed by atoms with E-state index >= 15 is 0 Å². The molecule has 12 heteroatoms. The fraction of sp³-hybridized carbons (Fsp3) is 0.267. The molecule has 4 N–H and O–H groups in total. The molecule has 42 heavy (non-hydrogen) atoms. The third kappa shape index (κ3) is 5.48. The molecule has 0 bridgehead atoms. The number of rotatable bonds is 11. The molecule has 0 radical (unpaired) electrons. The molecule has 0 fully saturated rings. The standard InChI is InChI=1S/C30H32N10O2/c1-19-23(5-3-7-25(19)27-17-39-29(35-27)33-15-21(37-39)13-31-9-11-41)24-6-4-8-26(20(24)2)28-18-40-30(36-28)34-16-22(38-40)14-32-10-12-42/h3-8,15-18,31-32,41-42H,9-14H2,1-2H3. The van der Waals surface area contributed by atoms with Crippen LogP contribution in [0.3, 0.4) is 0 Å². The Kier molecular flexibility index (Phi) is 7.93. The first kappa shape index (κ1) is 27.5. The van der Waals surface area contributed by atoms with Crippen molar-refractivity contribution in [1.82, 2.24) is 49.8 Å². The van der Waals surface area contributed by atoms with Crippen LogP contribution in [0.15, 0.2) is 61.2 Å². The van der Waals surface area contributed by atoms with Gasteiger partial charge in [-0.1, -0.05) is 36.4 Å². The number of aromatic nitrogens is 8. The zero-order valence-corrected chi connectivity index (χ0v) is 23.5. The Morgan fingerprint density at radius 1 is 0.643 bits per heavy atom. The van der Waals surface area contributed by atoms with Crippen LogP contribution in [0.5, 0.6) is 0 Å². The highest BCUT2D eigenvalue weighted by Gasteiger charge is 2.17. The van der Waals surface area contributed by atoms with E-state index < -0.39 is 0 Å². The van der Waals surface area contributed by atoms with Gasteiger partial charge in [0.05, 0.1) is 60.8 Å². The second kappa shape index (κ2) is 12.1. The summed E-state index contributed by atoms with van der Waals surface area (Å²) in [6.45, 7) is 6.39. The average Bonchev–Trinajstić information content (AvgIpc) is 3.61. The lowest BCUT2D eigenvalue weighted by atomic mass is 9.90. The highest BCUT2D eigenvalue weighted by molar-refractivity contribution is 5.82. The van der Waals surface area contributed by atoms with Gasteiger partial charge in [-0.05, 0) is 36.1 Å². The van der Waals surface area contributed by atoms with Crippen LogP contribution in [0, 0.1) is 13.8 Å². The molecule has 12 nitrogen and oxygen atoms in total. The smallest absolute Gasteiger partial charge is 0.251 e. The molecule has 0 saturated heterocycles. The highest BCUT2D eigenvalue weighted by Crippen LogP contribution is 2.36. The number of aliphatic hydroxyl groups is 2. The van der Waals surface area contributed by atoms with E-state index in [1.807, 2.05) is 24.5 Å². The molecule has 214 valence electrons. The molecule has 0 unspecified atom stereocenters. The van der Waals surface area contributed by atoms with E-state index in [4.69, 9.17) is 20.2 Å². The van der Waals surface area contributed by atoms with Gasteiger partial charge in [-0.25, -0.2) is 29.0 Å². The minimum atomic E-state index is 0.0712. The molecule has 0 atom stereocenters. The van der Waals surface area contributed by atoms with Gasteiger partial charge in [0.1, 0.15) is 0 Å². The number of nitrogens with one attached hydrogen (secondary N) is 2. The van der Waals surface area contributed by atoms with Crippen molar-refractivity contribution in [2.45, 2.75) is 26.9 Å². The van der Waals surface area contributed by atoms with E-state index in [2.05, 4.69) is 68.9 Å². The molecular weight excluding hydrogens is 532 g/mol. The van der Waals surface area contributed by atoms with Crippen molar-refractivity contribution in [3.8, 4) is 33.6 Å². The van der Waals surface area contributed by atoms with Crippen molar-refractivity contribution in [3.63, 3.8) is 0 Å². The van der Waals surface area contributed by atoms with Gasteiger partial charge in [-0.2, -0.15) is 10.2 Å². The van der Waals surface area contributed by atoms with Crippen LogP contribution in [-0.4, -0.2) is 75.7 Å². The summed E-state index contributed by atoms with van der Waals surface area (Å²) in [5, 5.41) is 33.5. The van der Waals surface area contributed by atoms with Crippen LogP contribution >= 0.6 is 0 Å². The molecule has 6 aromatic rings. The molecule has 4 heterocycles. The number of nitrogens with zero attached hydrogens (tertiary/aromatic N) is 8. The molecule has 0 spiro atoms. The van der Waals surface area contributed by atoms with Crippen molar-refractivity contribution in [1.29, 1.82) is 0 Å². The number of hydrogen-bond donors (Lipinski definition) is 4. The maximum atomic E-state index is 9.01. The number of imidazole rings is 2. The van der Waals surface area contributed by atoms with Gasteiger partial charge >= 0.3 is 0 Å². The predicted molar refractivity (Wildman–Crippen MR) is 158 cm³/mol. The van der Waals surface area contributed by atoms with Gasteiger partial charge in [-0.15, -0.1) is 0 Å². The van der Waals surface area contributed by atoms with Gasteiger partial charge in [-0.3, -0.25) is 0 Å². The maximum Gasteiger partial charge on any atom is 0.251 e. The van der Waals surface area contributed by atoms with E-state index in [0.717, 1.165) is 56.2 Å². The van der Waals surface area contributed by atoms with Crippen molar-refractivity contribution >= 4 is 11.6 Å². The van der Waals surface area contributed by atoms with Gasteiger partial charge < -0.3 is 20.8 Å². The molecule has 0 aliphatic carbocycles. The third-order valence-electron chi connectivity index (χ3n) is 7.17. The Morgan fingerprint density at radius 3 is 1.50 bits per heavy atom. The topological polar surface area (TPSA) is 151 Å². The first-order valence-electron chi connectivity index (χ1n) is 13.8. The maximum absolute atomic E-state index is 9.01. The Balaban J connectivity index is 1.32. The molecule has 0 aliphatic heterocycles. The normalized spacial score (nSPS) is 11.6. The summed E-state index contributed by atoms with van der Waals surface area (Å²) in [5.74, 6) is 1.06. The van der Waals surface area contributed by atoms with Gasteiger partial charge in [0.25, 0.3) is 11.6 Å². The van der Waals surface area contributed by atoms with Gasteiger partial charge in [0.2, 0.25) is 0 Å². The van der Waals surface area contributed by atoms with E-state index in [1.54, 1.807) is 21.4 Å². The van der Waals surface area contributed by atoms with E-state index in [1.165, 1.54) is 0 Å². The lowest BCUT2D eigenvalue weighted by molar-refractivity contribution is 0.291. The van der Waals surface area contributed by atoms with Crippen LogP contribution < -0.4 is 10.6 Å². The molecule has 0 saturated carbocycles. The van der Waals surface area contributed by atoms with Crippen LogP contribution in [-0.2, 0) is 13.1 Å². The minimum Gasteiger partial charge on any atom is -0.395 e. The molecule has 6 rings (SSSR count). The predicted octanol–water partition coefficient (Wildman–Crippen LogP) is 2.34. The Morgan fingerprint density at radius 2 is 1.07 bits per heavy atom. The summed E-state index contributed by atoms with van der Waals surface area (Å²) in [6, 6.07) is 12.5. The number of hydrogen-bond acceptors (Lipinski definition) is 10. The van der Waals surface area contributed by atoms with E-state index in [0.29, 0.717) is 37.7 Å². The molecule has 2 aromatic carbocycles. The SMILES string of the molecule is Cc1c(-c2cn3nc(CNCCO)cnc3n2)cccc1-c1cccc(-c2cn3nc(CNCCO)cnc3n2)c1C. The van der Waals surface area contributed by atoms with Crippen LogP contribution in [0.1, 0.15) is 22.5 Å². The van der Waals surface area contributed by atoms with Crippen LogP contribution in [0.2, 0.25) is 0 Å². The summed E-state index contributed by atoms with van der Waals surface area (Å²) in [4.78, 5) is 18.4. The molecule has 4 aromatic heterocycles. The first-order chi connectivity index (χ1) is 20.6. The number of fused-ring (bicyclic) bond motifs is 2. The Labute approximate surface area is 242 Å². The van der Waals surface area contributed by atoms with Gasteiger partial charge in [0, 0.05) is 37.3 Å². The summed E-state index contributed by atoms with van der Waals surface area (Å²) in [6.07, 6.45) is 7.21. The summed E-state index contributed by atoms with van der Waals surface area (Å²) in [5.41, 5.74) is 9.56.